The molecule has 2 rings (SSSR count). The van der Waals surface area contributed by atoms with Crippen molar-refractivity contribution in [3.8, 4) is 0 Å². The Balaban J connectivity index is 2.30. The summed E-state index contributed by atoms with van der Waals surface area (Å²) < 4.78 is 0. The summed E-state index contributed by atoms with van der Waals surface area (Å²) in [5, 5.41) is 0. The molecule has 2 aliphatic rings. The maximum atomic E-state index is 11.1. The molecule has 3 nitrogen and oxygen atoms in total. The van der Waals surface area contributed by atoms with Crippen LogP contribution in [-0.4, -0.2) is 11.4 Å². The average Bonchev–Trinajstić information content (AvgIpc) is 2.60. The highest BCUT2D eigenvalue weighted by Crippen LogP contribution is 2.62. The van der Waals surface area contributed by atoms with Crippen molar-refractivity contribution < 1.29 is 4.79 Å². The number of rotatable bonds is 1. The van der Waals surface area contributed by atoms with Crippen LogP contribution in [0.3, 0.4) is 0 Å². The molecule has 2 saturated carbocycles. The molecule has 1 amide bonds. The second-order valence-electron chi connectivity index (χ2n) is 3.97. The average molecular weight is 154 g/mol. The van der Waals surface area contributed by atoms with E-state index in [0.29, 0.717) is 0 Å². The van der Waals surface area contributed by atoms with Crippen molar-refractivity contribution in [1.29, 1.82) is 0 Å². The zero-order valence-corrected chi connectivity index (χ0v) is 6.60. The Morgan fingerprint density at radius 3 is 2.18 bits per heavy atom. The molecule has 62 valence electrons. The summed E-state index contributed by atoms with van der Waals surface area (Å²) in [7, 11) is 0. The van der Waals surface area contributed by atoms with Crippen molar-refractivity contribution in [3.05, 3.63) is 0 Å². The van der Waals surface area contributed by atoms with Crippen LogP contribution in [0.25, 0.3) is 0 Å². The minimum absolute atomic E-state index is 0.124. The van der Waals surface area contributed by atoms with E-state index >= 15 is 0 Å². The molecule has 4 N–H and O–H groups in total. The number of nitrogens with two attached hydrogens (primary N) is 2. The smallest absolute Gasteiger partial charge is 0.238 e. The normalized spacial score (nSPS) is 39.4. The molecule has 0 aromatic rings. The van der Waals surface area contributed by atoms with E-state index in [2.05, 4.69) is 0 Å². The van der Waals surface area contributed by atoms with Gasteiger partial charge in [0.2, 0.25) is 5.91 Å². The predicted octanol–water partition coefficient (Wildman–Crippen LogP) is 0.133. The fourth-order valence-electron chi connectivity index (χ4n) is 2.43. The molecule has 0 aromatic heterocycles. The molecule has 11 heavy (non-hydrogen) atoms. The van der Waals surface area contributed by atoms with Crippen LogP contribution in [0, 0.1) is 5.41 Å². The highest BCUT2D eigenvalue weighted by Gasteiger charge is 2.62. The molecule has 1 atom stereocenters. The third-order valence-electron chi connectivity index (χ3n) is 3.47. The first-order valence-corrected chi connectivity index (χ1v) is 4.20. The zero-order valence-electron chi connectivity index (χ0n) is 6.60. The van der Waals surface area contributed by atoms with E-state index in [1.54, 1.807) is 0 Å². The first-order chi connectivity index (χ1) is 5.11. The van der Waals surface area contributed by atoms with Crippen LogP contribution < -0.4 is 11.5 Å². The van der Waals surface area contributed by atoms with E-state index in [1.807, 2.05) is 0 Å². The van der Waals surface area contributed by atoms with Crippen LogP contribution >= 0.6 is 0 Å². The summed E-state index contributed by atoms with van der Waals surface area (Å²) in [5.74, 6) is -0.299. The summed E-state index contributed by atoms with van der Waals surface area (Å²) in [4.78, 5) is 11.1. The van der Waals surface area contributed by atoms with Crippen molar-refractivity contribution in [2.45, 2.75) is 37.6 Å². The molecule has 0 bridgehead atoms. The number of carbonyl (C=O) groups excluding carboxylic acids is 1. The first-order valence-electron chi connectivity index (χ1n) is 4.20. The minimum Gasteiger partial charge on any atom is -0.368 e. The molecule has 2 fully saturated rings. The van der Waals surface area contributed by atoms with Crippen molar-refractivity contribution >= 4 is 5.91 Å². The van der Waals surface area contributed by atoms with Crippen LogP contribution in [0.1, 0.15) is 32.1 Å². The number of hydrogen-bond donors (Lipinski definition) is 2. The second-order valence-corrected chi connectivity index (χ2v) is 3.97. The summed E-state index contributed by atoms with van der Waals surface area (Å²) in [6.45, 7) is 0. The van der Waals surface area contributed by atoms with Gasteiger partial charge in [-0.05, 0) is 31.1 Å². The van der Waals surface area contributed by atoms with E-state index in [0.717, 1.165) is 32.1 Å². The summed E-state index contributed by atoms with van der Waals surface area (Å²) >= 11 is 0. The zero-order chi connectivity index (χ0) is 8.11. The second kappa shape index (κ2) is 1.78. The molecule has 0 saturated heterocycles. The molecule has 1 spiro atoms. The quantitative estimate of drug-likeness (QED) is 0.563. The van der Waals surface area contributed by atoms with Crippen LogP contribution in [0.2, 0.25) is 0 Å². The lowest BCUT2D eigenvalue weighted by molar-refractivity contribution is -0.124. The van der Waals surface area contributed by atoms with E-state index in [9.17, 15) is 4.79 Å². The van der Waals surface area contributed by atoms with Crippen molar-refractivity contribution in [1.82, 2.24) is 0 Å². The number of carbonyl (C=O) groups is 1. The van der Waals surface area contributed by atoms with Gasteiger partial charge >= 0.3 is 0 Å². The Hall–Kier alpha value is -0.570. The van der Waals surface area contributed by atoms with Gasteiger partial charge in [-0.2, -0.15) is 0 Å². The predicted molar refractivity (Wildman–Crippen MR) is 41.6 cm³/mol. The topological polar surface area (TPSA) is 69.1 Å². The monoisotopic (exact) mass is 154 g/mol. The standard InChI is InChI=1S/C8H14N2O/c9-6(11)8(10)3-1-2-7(8)4-5-7/h1-5,10H2,(H2,9,11). The van der Waals surface area contributed by atoms with E-state index in [-0.39, 0.29) is 11.3 Å². The molecule has 0 aromatic carbocycles. The van der Waals surface area contributed by atoms with Gasteiger partial charge in [0.15, 0.2) is 0 Å². The lowest BCUT2D eigenvalue weighted by atomic mass is 9.84. The Morgan fingerprint density at radius 2 is 1.82 bits per heavy atom. The van der Waals surface area contributed by atoms with Gasteiger partial charge in [0.1, 0.15) is 5.54 Å². The fraction of sp³-hybridized carbons (Fsp3) is 0.875. The minimum atomic E-state index is -0.660. The maximum Gasteiger partial charge on any atom is 0.238 e. The highest BCUT2D eigenvalue weighted by atomic mass is 16.1. The van der Waals surface area contributed by atoms with E-state index < -0.39 is 5.54 Å². The van der Waals surface area contributed by atoms with Gasteiger partial charge in [0, 0.05) is 0 Å². The van der Waals surface area contributed by atoms with Gasteiger partial charge in [-0.3, -0.25) is 4.79 Å². The molecule has 3 heteroatoms. The fourth-order valence-corrected chi connectivity index (χ4v) is 2.43. The van der Waals surface area contributed by atoms with Crippen molar-refractivity contribution in [2.24, 2.45) is 16.9 Å². The van der Waals surface area contributed by atoms with Gasteiger partial charge in [0.05, 0.1) is 0 Å². The molecule has 1 unspecified atom stereocenters. The van der Waals surface area contributed by atoms with Gasteiger partial charge in [-0.25, -0.2) is 0 Å². The Morgan fingerprint density at radius 1 is 1.18 bits per heavy atom. The Labute approximate surface area is 66.1 Å². The van der Waals surface area contributed by atoms with Crippen molar-refractivity contribution in [3.63, 3.8) is 0 Å². The van der Waals surface area contributed by atoms with Crippen LogP contribution in [0.5, 0.6) is 0 Å². The van der Waals surface area contributed by atoms with Crippen LogP contribution in [-0.2, 0) is 4.79 Å². The largest absolute Gasteiger partial charge is 0.368 e. The Bertz CT molecular complexity index is 210. The molecular formula is C8H14N2O. The third-order valence-corrected chi connectivity index (χ3v) is 3.47. The molecular weight excluding hydrogens is 140 g/mol. The molecule has 0 heterocycles. The SMILES string of the molecule is NC(=O)C1(N)CCCC12CC2. The van der Waals surface area contributed by atoms with Crippen LogP contribution in [0.15, 0.2) is 0 Å². The van der Waals surface area contributed by atoms with E-state index in [4.69, 9.17) is 11.5 Å². The van der Waals surface area contributed by atoms with Gasteiger partial charge in [0.25, 0.3) is 0 Å². The molecule has 0 aliphatic heterocycles. The van der Waals surface area contributed by atoms with Gasteiger partial charge < -0.3 is 11.5 Å². The summed E-state index contributed by atoms with van der Waals surface area (Å²) in [6, 6.07) is 0. The number of primary amides is 1. The number of hydrogen-bond acceptors (Lipinski definition) is 2. The summed E-state index contributed by atoms with van der Waals surface area (Å²) in [6.07, 6.45) is 5.17. The van der Waals surface area contributed by atoms with Crippen molar-refractivity contribution in [2.75, 3.05) is 0 Å². The van der Waals surface area contributed by atoms with Gasteiger partial charge in [-0.15, -0.1) is 0 Å². The lowest BCUT2D eigenvalue weighted by Crippen LogP contribution is -2.55. The van der Waals surface area contributed by atoms with Crippen LogP contribution in [0.4, 0.5) is 0 Å². The first kappa shape index (κ1) is 7.10. The van der Waals surface area contributed by atoms with Gasteiger partial charge in [-0.1, -0.05) is 6.42 Å². The summed E-state index contributed by atoms with van der Waals surface area (Å²) in [5.41, 5.74) is 10.7. The maximum absolute atomic E-state index is 11.1. The Kier molecular flexibility index (Phi) is 1.15. The van der Waals surface area contributed by atoms with E-state index in [1.165, 1.54) is 0 Å². The lowest BCUT2D eigenvalue weighted by Gasteiger charge is -2.27. The number of amides is 1. The third kappa shape index (κ3) is 0.692. The molecule has 2 aliphatic carbocycles. The molecule has 0 radical (unpaired) electrons. The highest BCUT2D eigenvalue weighted by molar-refractivity contribution is 5.86.